The van der Waals surface area contributed by atoms with Crippen LogP contribution in [0.2, 0.25) is 0 Å². The molecule has 0 bridgehead atoms. The molecule has 2 atom stereocenters. The zero-order valence-corrected chi connectivity index (χ0v) is 19.4. The number of fused-ring (bicyclic) bond motifs is 2. The molecule has 2 fully saturated rings. The van der Waals surface area contributed by atoms with Gasteiger partial charge in [0.2, 0.25) is 5.95 Å². The molecule has 2 saturated heterocycles. The summed E-state index contributed by atoms with van der Waals surface area (Å²) in [4.78, 5) is 12.9. The van der Waals surface area contributed by atoms with E-state index in [4.69, 9.17) is 10.5 Å². The number of halogens is 1. The van der Waals surface area contributed by atoms with Crippen molar-refractivity contribution in [1.29, 1.82) is 0 Å². The molecule has 2 aliphatic heterocycles. The Morgan fingerprint density at radius 2 is 2.06 bits per heavy atom. The van der Waals surface area contributed by atoms with Gasteiger partial charge in [0.25, 0.3) is 0 Å². The minimum atomic E-state index is -0.476. The summed E-state index contributed by atoms with van der Waals surface area (Å²) in [7, 11) is 1.83. The normalized spacial score (nSPS) is 19.7. The molecule has 180 valence electrons. The molecule has 2 aromatic heterocycles. The number of aromatic amines is 1. The second-order valence-corrected chi connectivity index (χ2v) is 9.21. The number of nitrogen functional groups attached to an aromatic ring is 1. The zero-order chi connectivity index (χ0) is 23.9. The van der Waals surface area contributed by atoms with Gasteiger partial charge < -0.3 is 25.6 Å². The number of rotatable bonds is 5. The predicted molar refractivity (Wildman–Crippen MR) is 134 cm³/mol. The van der Waals surface area contributed by atoms with Crippen molar-refractivity contribution in [2.45, 2.75) is 18.9 Å². The van der Waals surface area contributed by atoms with Gasteiger partial charge in [-0.25, -0.2) is 4.39 Å². The van der Waals surface area contributed by atoms with Crippen LogP contribution in [-0.4, -0.2) is 52.9 Å². The van der Waals surface area contributed by atoms with Gasteiger partial charge in [0.1, 0.15) is 17.4 Å². The third kappa shape index (κ3) is 4.21. The van der Waals surface area contributed by atoms with Gasteiger partial charge in [-0.15, -0.1) is 0 Å². The first kappa shape index (κ1) is 21.6. The summed E-state index contributed by atoms with van der Waals surface area (Å²) >= 11 is 0. The lowest BCUT2D eigenvalue weighted by atomic mass is 9.94. The average molecular weight is 475 g/mol. The van der Waals surface area contributed by atoms with Crippen LogP contribution in [0.15, 0.2) is 48.7 Å². The smallest absolute Gasteiger partial charge is 0.223 e. The first-order chi connectivity index (χ1) is 17.0. The molecular formula is C25H27FN8O. The molecule has 0 radical (unpaired) electrons. The quantitative estimate of drug-likeness (QED) is 0.401. The highest BCUT2D eigenvalue weighted by molar-refractivity contribution is 5.79. The van der Waals surface area contributed by atoms with Gasteiger partial charge in [-0.2, -0.15) is 15.1 Å². The monoisotopic (exact) mass is 474 g/mol. The summed E-state index contributed by atoms with van der Waals surface area (Å²) in [5, 5.41) is 11.5. The highest BCUT2D eigenvalue weighted by Crippen LogP contribution is 2.34. The molecular weight excluding hydrogens is 447 g/mol. The Morgan fingerprint density at radius 1 is 1.14 bits per heavy atom. The van der Waals surface area contributed by atoms with Crippen molar-refractivity contribution in [2.75, 3.05) is 42.2 Å². The molecule has 0 saturated carbocycles. The maximum absolute atomic E-state index is 15.0. The third-order valence-corrected chi connectivity index (χ3v) is 6.93. The fourth-order valence-corrected chi connectivity index (χ4v) is 5.03. The van der Waals surface area contributed by atoms with Crippen LogP contribution in [-0.2, 0) is 0 Å². The fraction of sp³-hybridized carbons (Fsp3) is 0.320. The zero-order valence-electron chi connectivity index (χ0n) is 19.4. The van der Waals surface area contributed by atoms with E-state index in [9.17, 15) is 4.39 Å². The Balaban J connectivity index is 1.22. The first-order valence-corrected chi connectivity index (χ1v) is 11.8. The van der Waals surface area contributed by atoms with Gasteiger partial charge in [0, 0.05) is 55.5 Å². The van der Waals surface area contributed by atoms with E-state index in [1.54, 1.807) is 35.4 Å². The van der Waals surface area contributed by atoms with Gasteiger partial charge in [0.15, 0.2) is 11.6 Å². The maximum Gasteiger partial charge on any atom is 0.223 e. The summed E-state index contributed by atoms with van der Waals surface area (Å²) in [6.07, 6.45) is 4.16. The number of anilines is 4. The van der Waals surface area contributed by atoms with Crippen molar-refractivity contribution in [1.82, 2.24) is 25.5 Å². The van der Waals surface area contributed by atoms with Crippen molar-refractivity contribution in [2.24, 2.45) is 5.92 Å². The van der Waals surface area contributed by atoms with Gasteiger partial charge >= 0.3 is 0 Å². The molecule has 35 heavy (non-hydrogen) atoms. The number of benzene rings is 2. The van der Waals surface area contributed by atoms with Crippen LogP contribution >= 0.6 is 0 Å². The molecule has 0 aliphatic carbocycles. The molecule has 0 spiro atoms. The van der Waals surface area contributed by atoms with Crippen molar-refractivity contribution in [3.05, 3.63) is 54.5 Å². The molecule has 1 unspecified atom stereocenters. The van der Waals surface area contributed by atoms with Crippen molar-refractivity contribution in [3.8, 4) is 11.5 Å². The Bertz CT molecular complexity index is 1360. The van der Waals surface area contributed by atoms with Gasteiger partial charge in [0.05, 0.1) is 11.7 Å². The largest absolute Gasteiger partial charge is 0.454 e. The van der Waals surface area contributed by atoms with Crippen molar-refractivity contribution < 1.29 is 9.13 Å². The second kappa shape index (κ2) is 8.70. The average Bonchev–Trinajstić information content (AvgIpc) is 3.51. The van der Waals surface area contributed by atoms with Crippen molar-refractivity contribution in [3.63, 3.8) is 0 Å². The number of aromatic nitrogens is 4. The number of piperidine rings is 1. The van der Waals surface area contributed by atoms with Gasteiger partial charge in [-0.05, 0) is 49.6 Å². The van der Waals surface area contributed by atoms with Crippen LogP contribution in [0.5, 0.6) is 11.5 Å². The summed E-state index contributed by atoms with van der Waals surface area (Å²) < 4.78 is 20.8. The lowest BCUT2D eigenvalue weighted by Crippen LogP contribution is -2.40. The topological polar surface area (TPSA) is 108 Å². The number of nitrogens with one attached hydrogen (secondary N) is 2. The number of nitrogens with two attached hydrogens (primary N) is 1. The summed E-state index contributed by atoms with van der Waals surface area (Å²) in [5.41, 5.74) is 7.52. The standard InChI is InChI=1S/C25H27FN8O/c1-33(23-11-24(31-25(27)30-23)34-13-16-3-2-8-28-21(16)14-34)17-5-7-22(19(26)9-17)35-18-6-4-15-12-29-32-20(15)10-18/h4-7,9-12,16,21,28H,2-3,8,13-14H2,1H3,(H,29,32)(H2,27,30,31)/t16-,21?/m1/s1. The number of H-pyrrole nitrogens is 1. The lowest BCUT2D eigenvalue weighted by molar-refractivity contribution is 0.340. The molecule has 4 aromatic rings. The second-order valence-electron chi connectivity index (χ2n) is 9.21. The molecule has 9 nitrogen and oxygen atoms in total. The van der Waals surface area contributed by atoms with Crippen LogP contribution < -0.4 is 25.6 Å². The van der Waals surface area contributed by atoms with E-state index in [2.05, 4.69) is 30.4 Å². The van der Waals surface area contributed by atoms with Crippen LogP contribution in [0.3, 0.4) is 0 Å². The Hall–Kier alpha value is -3.92. The summed E-state index contributed by atoms with van der Waals surface area (Å²) in [6, 6.07) is 12.7. The highest BCUT2D eigenvalue weighted by Gasteiger charge is 2.35. The number of nitrogens with zero attached hydrogens (tertiary/aromatic N) is 5. The molecule has 4 heterocycles. The summed E-state index contributed by atoms with van der Waals surface area (Å²) in [6.45, 7) is 2.91. The number of hydrogen-bond acceptors (Lipinski definition) is 8. The third-order valence-electron chi connectivity index (χ3n) is 6.93. The van der Waals surface area contributed by atoms with E-state index in [0.717, 1.165) is 36.4 Å². The Morgan fingerprint density at radius 3 is 2.91 bits per heavy atom. The molecule has 0 amide bonds. The van der Waals surface area contributed by atoms with E-state index in [1.165, 1.54) is 18.9 Å². The van der Waals surface area contributed by atoms with Crippen LogP contribution in [0.25, 0.3) is 10.9 Å². The van der Waals surface area contributed by atoms with Crippen LogP contribution in [0.1, 0.15) is 12.8 Å². The van der Waals surface area contributed by atoms with Gasteiger partial charge in [-0.3, -0.25) is 5.10 Å². The Labute approximate surface area is 202 Å². The predicted octanol–water partition coefficient (Wildman–Crippen LogP) is 3.82. The highest BCUT2D eigenvalue weighted by atomic mass is 19.1. The van der Waals surface area contributed by atoms with Gasteiger partial charge in [-0.1, -0.05) is 0 Å². The number of hydrogen-bond donors (Lipinski definition) is 3. The maximum atomic E-state index is 15.0. The van der Waals surface area contributed by atoms with E-state index < -0.39 is 5.82 Å². The number of ether oxygens (including phenoxy) is 1. The Kier molecular flexibility index (Phi) is 5.37. The van der Waals surface area contributed by atoms with E-state index in [-0.39, 0.29) is 11.7 Å². The molecule has 6 rings (SSSR count). The SMILES string of the molecule is CN(c1ccc(Oc2ccc3cn[nH]c3c2)c(F)c1)c1cc(N2CC3NCCC[C@@H]3C2)nc(N)n1. The fourth-order valence-electron chi connectivity index (χ4n) is 5.03. The molecule has 10 heteroatoms. The van der Waals surface area contributed by atoms with E-state index in [1.807, 2.05) is 19.2 Å². The van der Waals surface area contributed by atoms with E-state index in [0.29, 0.717) is 29.2 Å². The summed E-state index contributed by atoms with van der Waals surface area (Å²) in [5.74, 6) is 2.40. The van der Waals surface area contributed by atoms with Crippen LogP contribution in [0.4, 0.5) is 27.7 Å². The lowest BCUT2D eigenvalue weighted by Gasteiger charge is -2.24. The van der Waals surface area contributed by atoms with E-state index >= 15 is 0 Å². The first-order valence-electron chi connectivity index (χ1n) is 11.8. The van der Waals surface area contributed by atoms with Crippen LogP contribution in [0, 0.1) is 11.7 Å². The van der Waals surface area contributed by atoms with Crippen molar-refractivity contribution >= 4 is 34.2 Å². The minimum absolute atomic E-state index is 0.135. The molecule has 2 aromatic carbocycles. The molecule has 2 aliphatic rings. The molecule has 4 N–H and O–H groups in total. The minimum Gasteiger partial charge on any atom is -0.454 e.